The van der Waals surface area contributed by atoms with Crippen molar-refractivity contribution in [2.75, 3.05) is 18.4 Å². The van der Waals surface area contributed by atoms with Crippen LogP contribution in [-0.4, -0.2) is 40.1 Å². The highest BCUT2D eigenvalue weighted by atomic mass is 16.2. The molecule has 1 fully saturated rings. The number of likely N-dealkylation sites (tertiary alicyclic amines) is 1. The summed E-state index contributed by atoms with van der Waals surface area (Å²) in [7, 11) is 0. The molecule has 1 aromatic heterocycles. The van der Waals surface area contributed by atoms with Crippen molar-refractivity contribution in [1.82, 2.24) is 15.1 Å². The van der Waals surface area contributed by atoms with Crippen LogP contribution < -0.4 is 5.32 Å². The van der Waals surface area contributed by atoms with Gasteiger partial charge in [0.25, 0.3) is 5.91 Å². The first-order valence-electron chi connectivity index (χ1n) is 9.05. The van der Waals surface area contributed by atoms with Gasteiger partial charge in [-0.2, -0.15) is 0 Å². The summed E-state index contributed by atoms with van der Waals surface area (Å²) in [5.74, 6) is 1.34. The number of benzene rings is 1. The van der Waals surface area contributed by atoms with Crippen LogP contribution in [0.15, 0.2) is 42.5 Å². The number of hydrogen-bond donors (Lipinski definition) is 1. The predicted molar refractivity (Wildman–Crippen MR) is 99.6 cm³/mol. The number of piperidine rings is 1. The molecule has 25 heavy (non-hydrogen) atoms. The second-order valence-corrected chi connectivity index (χ2v) is 7.03. The minimum absolute atomic E-state index is 0.0123. The van der Waals surface area contributed by atoms with Crippen LogP contribution in [-0.2, 0) is 6.42 Å². The quantitative estimate of drug-likeness (QED) is 0.908. The maximum Gasteiger partial charge on any atom is 0.274 e. The van der Waals surface area contributed by atoms with E-state index in [2.05, 4.69) is 39.8 Å². The lowest BCUT2D eigenvalue weighted by atomic mass is 9.90. The smallest absolute Gasteiger partial charge is 0.274 e. The molecule has 2 heterocycles. The Labute approximate surface area is 149 Å². The van der Waals surface area contributed by atoms with Gasteiger partial charge in [0.2, 0.25) is 0 Å². The summed E-state index contributed by atoms with van der Waals surface area (Å²) in [6.07, 6.45) is 3.18. The Kier molecular flexibility index (Phi) is 5.64. The van der Waals surface area contributed by atoms with Crippen LogP contribution in [0.4, 0.5) is 5.82 Å². The number of anilines is 1. The summed E-state index contributed by atoms with van der Waals surface area (Å²) in [5.41, 5.74) is 1.81. The number of nitrogens with one attached hydrogen (secondary N) is 1. The van der Waals surface area contributed by atoms with Gasteiger partial charge in [0, 0.05) is 19.1 Å². The van der Waals surface area contributed by atoms with E-state index in [0.29, 0.717) is 23.5 Å². The summed E-state index contributed by atoms with van der Waals surface area (Å²) in [6.45, 7) is 5.68. The first-order chi connectivity index (χ1) is 12.1. The van der Waals surface area contributed by atoms with Crippen LogP contribution in [0.2, 0.25) is 0 Å². The maximum atomic E-state index is 12.6. The summed E-state index contributed by atoms with van der Waals surface area (Å²) >= 11 is 0. The first kappa shape index (κ1) is 17.4. The van der Waals surface area contributed by atoms with Gasteiger partial charge < -0.3 is 10.2 Å². The monoisotopic (exact) mass is 338 g/mol. The van der Waals surface area contributed by atoms with E-state index in [1.807, 2.05) is 30.9 Å². The Morgan fingerprint density at radius 2 is 1.84 bits per heavy atom. The van der Waals surface area contributed by atoms with Crippen LogP contribution in [0.1, 0.15) is 42.7 Å². The molecule has 1 amide bonds. The summed E-state index contributed by atoms with van der Waals surface area (Å²) in [4.78, 5) is 14.5. The van der Waals surface area contributed by atoms with Gasteiger partial charge in [-0.15, -0.1) is 10.2 Å². The normalized spacial score (nSPS) is 15.4. The lowest BCUT2D eigenvalue weighted by molar-refractivity contribution is 0.0683. The van der Waals surface area contributed by atoms with E-state index in [-0.39, 0.29) is 5.91 Å². The van der Waals surface area contributed by atoms with Gasteiger partial charge in [-0.25, -0.2) is 0 Å². The molecule has 5 nitrogen and oxygen atoms in total. The molecule has 2 aromatic rings. The lowest BCUT2D eigenvalue weighted by Crippen LogP contribution is -2.39. The number of carbonyl (C=O) groups is 1. The van der Waals surface area contributed by atoms with Crippen molar-refractivity contribution >= 4 is 11.7 Å². The van der Waals surface area contributed by atoms with Crippen molar-refractivity contribution in [3.05, 3.63) is 53.7 Å². The van der Waals surface area contributed by atoms with Crippen molar-refractivity contribution in [1.29, 1.82) is 0 Å². The van der Waals surface area contributed by atoms with Crippen molar-refractivity contribution in [2.24, 2.45) is 5.92 Å². The number of rotatable bonds is 5. The van der Waals surface area contributed by atoms with E-state index in [1.54, 1.807) is 6.07 Å². The third kappa shape index (κ3) is 4.78. The lowest BCUT2D eigenvalue weighted by Gasteiger charge is -2.31. The second-order valence-electron chi connectivity index (χ2n) is 7.03. The fraction of sp³-hybridized carbons (Fsp3) is 0.450. The Bertz CT molecular complexity index is 677. The number of amides is 1. The third-order valence-corrected chi connectivity index (χ3v) is 4.59. The van der Waals surface area contributed by atoms with E-state index in [4.69, 9.17) is 0 Å². The molecule has 1 saturated heterocycles. The van der Waals surface area contributed by atoms with Gasteiger partial charge in [0.15, 0.2) is 5.69 Å². The molecule has 1 aliphatic rings. The van der Waals surface area contributed by atoms with Gasteiger partial charge >= 0.3 is 0 Å². The van der Waals surface area contributed by atoms with Gasteiger partial charge in [0.05, 0.1) is 0 Å². The number of hydrogen-bond acceptors (Lipinski definition) is 4. The van der Waals surface area contributed by atoms with E-state index < -0.39 is 0 Å². The number of carbonyl (C=O) groups excluding carboxylic acids is 1. The first-order valence-corrected chi connectivity index (χ1v) is 9.05. The summed E-state index contributed by atoms with van der Waals surface area (Å²) in [5, 5.41) is 11.4. The molecule has 0 radical (unpaired) electrons. The van der Waals surface area contributed by atoms with Crippen LogP contribution >= 0.6 is 0 Å². The topological polar surface area (TPSA) is 58.1 Å². The van der Waals surface area contributed by atoms with Crippen LogP contribution in [0.25, 0.3) is 0 Å². The summed E-state index contributed by atoms with van der Waals surface area (Å²) in [6, 6.07) is 14.5. The molecule has 0 aliphatic carbocycles. The highest BCUT2D eigenvalue weighted by Gasteiger charge is 2.24. The largest absolute Gasteiger partial charge is 0.366 e. The number of nitrogens with zero attached hydrogens (tertiary/aromatic N) is 3. The Hall–Kier alpha value is -2.43. The zero-order valence-corrected chi connectivity index (χ0v) is 15.0. The fourth-order valence-corrected chi connectivity index (χ4v) is 3.27. The van der Waals surface area contributed by atoms with Crippen molar-refractivity contribution < 1.29 is 4.79 Å². The highest BCUT2D eigenvalue weighted by molar-refractivity contribution is 5.92. The van der Waals surface area contributed by atoms with Crippen LogP contribution in [0, 0.1) is 5.92 Å². The average molecular weight is 338 g/mol. The van der Waals surface area contributed by atoms with E-state index in [9.17, 15) is 4.79 Å². The Balaban J connectivity index is 1.52. The average Bonchev–Trinajstić information content (AvgIpc) is 2.63. The number of aromatic nitrogens is 2. The minimum atomic E-state index is -0.0123. The zero-order valence-electron chi connectivity index (χ0n) is 15.0. The molecule has 1 aliphatic heterocycles. The van der Waals surface area contributed by atoms with Crippen LogP contribution in [0.5, 0.6) is 0 Å². The molecule has 0 saturated carbocycles. The molecule has 1 aromatic carbocycles. The molecule has 3 rings (SSSR count). The molecular formula is C20H26N4O. The SMILES string of the molecule is CC(C)Nc1ccc(C(=O)N2CCC(Cc3ccccc3)CC2)nn1. The molecular weight excluding hydrogens is 312 g/mol. The molecule has 0 atom stereocenters. The highest BCUT2D eigenvalue weighted by Crippen LogP contribution is 2.22. The van der Waals surface area contributed by atoms with Crippen molar-refractivity contribution in [3.8, 4) is 0 Å². The van der Waals surface area contributed by atoms with E-state index in [0.717, 1.165) is 32.4 Å². The maximum absolute atomic E-state index is 12.6. The van der Waals surface area contributed by atoms with E-state index >= 15 is 0 Å². The zero-order chi connectivity index (χ0) is 17.6. The van der Waals surface area contributed by atoms with Crippen molar-refractivity contribution in [2.45, 2.75) is 39.2 Å². The minimum Gasteiger partial charge on any atom is -0.366 e. The predicted octanol–water partition coefficient (Wildman–Crippen LogP) is 3.39. The van der Waals surface area contributed by atoms with Crippen molar-refractivity contribution in [3.63, 3.8) is 0 Å². The standard InChI is InChI=1S/C20H26N4O/c1-15(2)21-19-9-8-18(22-23-19)20(25)24-12-10-17(11-13-24)14-16-6-4-3-5-7-16/h3-9,15,17H,10-14H2,1-2H3,(H,21,23). The third-order valence-electron chi connectivity index (χ3n) is 4.59. The Morgan fingerprint density at radius 3 is 2.44 bits per heavy atom. The molecule has 132 valence electrons. The van der Waals surface area contributed by atoms with Gasteiger partial charge in [-0.3, -0.25) is 4.79 Å². The Morgan fingerprint density at radius 1 is 1.12 bits per heavy atom. The molecule has 1 N–H and O–H groups in total. The van der Waals surface area contributed by atoms with Crippen LogP contribution in [0.3, 0.4) is 0 Å². The molecule has 0 unspecified atom stereocenters. The molecule has 5 heteroatoms. The second kappa shape index (κ2) is 8.10. The van der Waals surface area contributed by atoms with Gasteiger partial charge in [-0.05, 0) is 56.7 Å². The summed E-state index contributed by atoms with van der Waals surface area (Å²) < 4.78 is 0. The van der Waals surface area contributed by atoms with Gasteiger partial charge in [0.1, 0.15) is 5.82 Å². The fourth-order valence-electron chi connectivity index (χ4n) is 3.27. The molecule has 0 bridgehead atoms. The molecule has 0 spiro atoms. The van der Waals surface area contributed by atoms with E-state index in [1.165, 1.54) is 5.56 Å². The van der Waals surface area contributed by atoms with Gasteiger partial charge in [-0.1, -0.05) is 30.3 Å².